The van der Waals surface area contributed by atoms with Crippen LogP contribution in [0.15, 0.2) is 71.5 Å². The molecule has 3 saturated heterocycles. The molecule has 6 heterocycles. The molecule has 0 saturated carbocycles. The third kappa shape index (κ3) is 9.78. The van der Waals surface area contributed by atoms with Crippen LogP contribution in [0.5, 0.6) is 0 Å². The van der Waals surface area contributed by atoms with E-state index in [4.69, 9.17) is 4.52 Å². The number of urea groups is 1. The molecule has 61 heavy (non-hydrogen) atoms. The second kappa shape index (κ2) is 17.6. The number of carbonyl (C=O) groups excluding carboxylic acids is 3. The summed E-state index contributed by atoms with van der Waals surface area (Å²) in [5.74, 6) is 2.49. The number of hydrogen-bond acceptors (Lipinski definition) is 14. The van der Waals surface area contributed by atoms with Crippen LogP contribution in [0.25, 0.3) is 11.3 Å². The molecule has 3 N–H and O–H groups in total. The SMILES string of the molecule is Cc1cc(-c2cc(Nc3ccc(N4CCN(CC5CCN(c6ccc(N7CCC(=O)NC7=O)cc6)CC5)CC4)nn3)ncn2)ccc1[C@@H](C)NC(=O)c1nc(C(C)(C)C)no1. The summed E-state index contributed by atoms with van der Waals surface area (Å²) in [7, 11) is 0. The Hall–Kier alpha value is -6.49. The molecule has 0 spiro atoms. The smallest absolute Gasteiger partial charge is 0.328 e. The average Bonchev–Trinajstić information content (AvgIpc) is 3.77. The van der Waals surface area contributed by atoms with E-state index >= 15 is 0 Å². The second-order valence-electron chi connectivity index (χ2n) is 17.1. The number of rotatable bonds is 11. The van der Waals surface area contributed by atoms with Crippen LogP contribution in [0.1, 0.15) is 80.6 Å². The Morgan fingerprint density at radius 1 is 0.869 bits per heavy atom. The Kier molecular flexibility index (Phi) is 11.9. The van der Waals surface area contributed by atoms with Crippen LogP contribution >= 0.6 is 0 Å². The van der Waals surface area contributed by atoms with Gasteiger partial charge in [-0.1, -0.05) is 38.1 Å². The summed E-state index contributed by atoms with van der Waals surface area (Å²) in [4.78, 5) is 58.7. The molecular formula is C44H53N13O4. The number of amides is 4. The van der Waals surface area contributed by atoms with Crippen LogP contribution in [-0.2, 0) is 10.2 Å². The van der Waals surface area contributed by atoms with Gasteiger partial charge in [-0.25, -0.2) is 14.8 Å². The topological polar surface area (TPSA) is 191 Å². The fourth-order valence-corrected chi connectivity index (χ4v) is 8.10. The first-order valence-corrected chi connectivity index (χ1v) is 21.0. The Morgan fingerprint density at radius 2 is 1.62 bits per heavy atom. The Balaban J connectivity index is 0.782. The largest absolute Gasteiger partial charge is 0.372 e. The van der Waals surface area contributed by atoms with Crippen molar-refractivity contribution in [3.63, 3.8) is 0 Å². The summed E-state index contributed by atoms with van der Waals surface area (Å²) < 4.78 is 5.22. The molecule has 2 aromatic carbocycles. The van der Waals surface area contributed by atoms with Gasteiger partial charge in [0.1, 0.15) is 12.1 Å². The Morgan fingerprint density at radius 3 is 2.30 bits per heavy atom. The van der Waals surface area contributed by atoms with Crippen molar-refractivity contribution < 1.29 is 18.9 Å². The molecule has 17 heteroatoms. The lowest BCUT2D eigenvalue weighted by molar-refractivity contribution is -0.120. The van der Waals surface area contributed by atoms with Gasteiger partial charge in [0, 0.05) is 87.2 Å². The molecule has 3 aromatic heterocycles. The number of imide groups is 1. The van der Waals surface area contributed by atoms with E-state index in [-0.39, 0.29) is 29.3 Å². The van der Waals surface area contributed by atoms with Crippen LogP contribution in [0, 0.1) is 12.8 Å². The van der Waals surface area contributed by atoms with Gasteiger partial charge in [-0.05, 0) is 86.2 Å². The third-order valence-corrected chi connectivity index (χ3v) is 11.7. The van der Waals surface area contributed by atoms with Gasteiger partial charge in [0.25, 0.3) is 0 Å². The number of hydrogen-bond donors (Lipinski definition) is 3. The standard InChI is InChI=1S/C44H53N13O4/c1-28-24-31(6-11-34(28)29(2)47-40(59)41-50-42(53-61-41)44(3,4)5)35-25-37(46-27-45-35)48-36-12-13-38(52-51-36)56-22-20-54(21-23-56)26-30-14-17-55(18-15-30)32-7-9-33(10-8-32)57-19-16-39(58)49-43(57)60/h6-13,24-25,27,29-30H,14-23,26H2,1-5H3,(H,47,59)(H,49,58,60)(H,45,46,48,51)/t29-/m1/s1. The lowest BCUT2D eigenvalue weighted by atomic mass is 9.95. The van der Waals surface area contributed by atoms with Crippen LogP contribution in [0.3, 0.4) is 0 Å². The van der Waals surface area contributed by atoms with Gasteiger partial charge in [-0.3, -0.25) is 24.7 Å². The highest BCUT2D eigenvalue weighted by atomic mass is 16.5. The van der Waals surface area contributed by atoms with E-state index in [1.165, 1.54) is 12.0 Å². The summed E-state index contributed by atoms with van der Waals surface area (Å²) in [6.45, 7) is 17.1. The molecule has 3 fully saturated rings. The summed E-state index contributed by atoms with van der Waals surface area (Å²) in [6, 6.07) is 19.3. The maximum absolute atomic E-state index is 12.9. The fourth-order valence-electron chi connectivity index (χ4n) is 8.10. The maximum atomic E-state index is 12.9. The molecule has 3 aliphatic heterocycles. The zero-order valence-electron chi connectivity index (χ0n) is 35.4. The molecule has 1 atom stereocenters. The van der Waals surface area contributed by atoms with E-state index in [0.717, 1.165) is 92.5 Å². The van der Waals surface area contributed by atoms with Gasteiger partial charge in [0.2, 0.25) is 5.91 Å². The van der Waals surface area contributed by atoms with Crippen molar-refractivity contribution in [1.29, 1.82) is 0 Å². The normalized spacial score (nSPS) is 17.3. The molecule has 0 bridgehead atoms. The van der Waals surface area contributed by atoms with Gasteiger partial charge in [-0.2, -0.15) is 4.98 Å². The van der Waals surface area contributed by atoms with Crippen molar-refractivity contribution in [2.45, 2.75) is 65.3 Å². The highest BCUT2D eigenvalue weighted by molar-refractivity contribution is 6.05. The zero-order valence-corrected chi connectivity index (χ0v) is 35.4. The number of piperazine rings is 1. The molecule has 0 radical (unpaired) electrons. The van der Waals surface area contributed by atoms with Gasteiger partial charge in [0.05, 0.1) is 11.7 Å². The number of benzene rings is 2. The number of anilines is 5. The van der Waals surface area contributed by atoms with Crippen LogP contribution in [0.2, 0.25) is 0 Å². The Bertz CT molecular complexity index is 2350. The summed E-state index contributed by atoms with van der Waals surface area (Å²) >= 11 is 0. The summed E-state index contributed by atoms with van der Waals surface area (Å²) in [6.07, 6.45) is 4.12. The molecule has 8 rings (SSSR count). The quantitative estimate of drug-likeness (QED) is 0.148. The first kappa shape index (κ1) is 41.3. The van der Waals surface area contributed by atoms with Crippen LogP contribution in [-0.4, -0.2) is 105 Å². The highest BCUT2D eigenvalue weighted by Gasteiger charge is 2.28. The summed E-state index contributed by atoms with van der Waals surface area (Å²) in [5, 5.41) is 21.6. The van der Waals surface area contributed by atoms with E-state index in [0.29, 0.717) is 36.3 Å². The van der Waals surface area contributed by atoms with E-state index in [9.17, 15) is 14.4 Å². The third-order valence-electron chi connectivity index (χ3n) is 11.7. The number of nitrogens with zero attached hydrogens (tertiary/aromatic N) is 10. The molecule has 3 aliphatic rings. The summed E-state index contributed by atoms with van der Waals surface area (Å²) in [5.41, 5.74) is 5.27. The first-order valence-electron chi connectivity index (χ1n) is 21.0. The zero-order chi connectivity index (χ0) is 42.7. The van der Waals surface area contributed by atoms with Crippen molar-refractivity contribution in [2.24, 2.45) is 5.92 Å². The second-order valence-corrected chi connectivity index (χ2v) is 17.1. The predicted octanol–water partition coefficient (Wildman–Crippen LogP) is 5.64. The highest BCUT2D eigenvalue weighted by Crippen LogP contribution is 2.29. The van der Waals surface area contributed by atoms with Crippen molar-refractivity contribution in [2.75, 3.05) is 72.4 Å². The first-order chi connectivity index (χ1) is 29.4. The van der Waals surface area contributed by atoms with E-state index in [1.54, 1.807) is 4.90 Å². The van der Waals surface area contributed by atoms with Gasteiger partial charge in [-0.15, -0.1) is 10.2 Å². The minimum absolute atomic E-state index is 0.0556. The lowest BCUT2D eigenvalue weighted by Crippen LogP contribution is -2.49. The maximum Gasteiger partial charge on any atom is 0.328 e. The van der Waals surface area contributed by atoms with Gasteiger partial charge in [0.15, 0.2) is 17.5 Å². The number of piperidine rings is 1. The van der Waals surface area contributed by atoms with E-state index in [2.05, 4.69) is 73.1 Å². The molecule has 318 valence electrons. The number of carbonyl (C=O) groups is 3. The minimum atomic E-state index is -0.418. The average molecular weight is 828 g/mol. The van der Waals surface area contributed by atoms with Crippen molar-refractivity contribution in [1.82, 2.24) is 45.8 Å². The molecular weight excluding hydrogens is 775 g/mol. The van der Waals surface area contributed by atoms with Crippen molar-refractivity contribution in [3.8, 4) is 11.3 Å². The van der Waals surface area contributed by atoms with E-state index in [1.807, 2.05) is 83.1 Å². The van der Waals surface area contributed by atoms with Crippen molar-refractivity contribution >= 4 is 46.7 Å². The predicted molar refractivity (Wildman–Crippen MR) is 232 cm³/mol. The molecule has 17 nitrogen and oxygen atoms in total. The Labute approximate surface area is 355 Å². The van der Waals surface area contributed by atoms with Crippen LogP contribution in [0.4, 0.5) is 33.6 Å². The number of aryl methyl sites for hydroxylation is 1. The monoisotopic (exact) mass is 827 g/mol. The van der Waals surface area contributed by atoms with Crippen molar-refractivity contribution in [3.05, 3.63) is 89.8 Å². The number of nitrogens with one attached hydrogen (secondary N) is 3. The number of aromatic nitrogens is 6. The molecule has 0 aliphatic carbocycles. The van der Waals surface area contributed by atoms with Gasteiger partial charge < -0.3 is 25.0 Å². The fraction of sp³-hybridized carbons (Fsp3) is 0.432. The molecule has 4 amide bonds. The lowest BCUT2D eigenvalue weighted by Gasteiger charge is -2.39. The van der Waals surface area contributed by atoms with Crippen LogP contribution < -0.4 is 30.7 Å². The van der Waals surface area contributed by atoms with E-state index < -0.39 is 5.91 Å². The molecule has 5 aromatic rings. The minimum Gasteiger partial charge on any atom is -0.372 e. The molecule has 0 unspecified atom stereocenters. The van der Waals surface area contributed by atoms with Gasteiger partial charge >= 0.3 is 17.8 Å².